The molecule has 0 spiro atoms. The Balaban J connectivity index is 1.61. The number of halogens is 1. The molecule has 1 aliphatic rings. The van der Waals surface area contributed by atoms with E-state index in [1.54, 1.807) is 40.5 Å². The molecule has 166 valence electrons. The van der Waals surface area contributed by atoms with Gasteiger partial charge in [0.2, 0.25) is 5.91 Å². The molecule has 3 aromatic rings. The Kier molecular flexibility index (Phi) is 6.42. The van der Waals surface area contributed by atoms with Crippen LogP contribution >= 0.6 is 11.3 Å². The lowest BCUT2D eigenvalue weighted by Gasteiger charge is -2.38. The number of rotatable bonds is 5. The van der Waals surface area contributed by atoms with Gasteiger partial charge < -0.3 is 9.80 Å². The Morgan fingerprint density at radius 1 is 1.09 bits per heavy atom. The number of fused-ring (bicyclic) bond motifs is 1. The van der Waals surface area contributed by atoms with Crippen molar-refractivity contribution in [2.24, 2.45) is 0 Å². The third-order valence-electron chi connectivity index (χ3n) is 5.96. The molecule has 1 aromatic heterocycles. The summed E-state index contributed by atoms with van der Waals surface area (Å²) in [6.45, 7) is 6.39. The quantitative estimate of drug-likeness (QED) is 0.535. The van der Waals surface area contributed by atoms with Gasteiger partial charge in [-0.1, -0.05) is 29.8 Å². The Morgan fingerprint density at radius 2 is 1.78 bits per heavy atom. The lowest BCUT2D eigenvalue weighted by Crippen LogP contribution is -2.48. The van der Waals surface area contributed by atoms with E-state index in [0.29, 0.717) is 12.1 Å². The topological polar surface area (TPSA) is 40.6 Å². The lowest BCUT2D eigenvalue weighted by atomic mass is 9.93. The van der Waals surface area contributed by atoms with Crippen LogP contribution in [-0.4, -0.2) is 40.7 Å². The summed E-state index contributed by atoms with van der Waals surface area (Å²) in [6.07, 6.45) is 0.782. The standard InChI is InChI=1S/C26H27FN2O2S/c1-17(2)29(26(31)20-6-4-18(3)5-7-20)16-24(30)28-14-12-23-22(13-15-32-23)25(28)19-8-10-21(27)11-9-19/h4-11,13,15,17,25H,12,14,16H2,1-3H3. The third kappa shape index (κ3) is 4.46. The fourth-order valence-electron chi connectivity index (χ4n) is 4.18. The first-order valence-corrected chi connectivity index (χ1v) is 11.7. The van der Waals surface area contributed by atoms with Crippen LogP contribution in [0.15, 0.2) is 60.0 Å². The molecule has 4 nitrogen and oxygen atoms in total. The van der Waals surface area contributed by atoms with Gasteiger partial charge in [0.1, 0.15) is 12.4 Å². The molecule has 1 unspecified atom stereocenters. The van der Waals surface area contributed by atoms with E-state index in [-0.39, 0.29) is 36.3 Å². The van der Waals surface area contributed by atoms with E-state index in [4.69, 9.17) is 0 Å². The maximum Gasteiger partial charge on any atom is 0.254 e. The molecule has 0 bridgehead atoms. The number of amides is 2. The molecule has 2 aromatic carbocycles. The fraction of sp³-hybridized carbons (Fsp3) is 0.308. The fourth-order valence-corrected chi connectivity index (χ4v) is 5.08. The Morgan fingerprint density at radius 3 is 2.44 bits per heavy atom. The van der Waals surface area contributed by atoms with Gasteiger partial charge in [-0.2, -0.15) is 0 Å². The molecular weight excluding hydrogens is 423 g/mol. The number of hydrogen-bond acceptors (Lipinski definition) is 3. The maximum atomic E-state index is 13.6. The van der Waals surface area contributed by atoms with Crippen molar-refractivity contribution in [1.29, 1.82) is 0 Å². The van der Waals surface area contributed by atoms with Crippen LogP contribution in [0.5, 0.6) is 0 Å². The Labute approximate surface area is 192 Å². The van der Waals surface area contributed by atoms with Crippen LogP contribution < -0.4 is 0 Å². The van der Waals surface area contributed by atoms with Crippen molar-refractivity contribution in [3.8, 4) is 0 Å². The van der Waals surface area contributed by atoms with Gasteiger partial charge in [-0.05, 0) is 74.0 Å². The first-order chi connectivity index (χ1) is 15.3. The zero-order valence-electron chi connectivity index (χ0n) is 18.5. The van der Waals surface area contributed by atoms with Crippen LogP contribution in [0.2, 0.25) is 0 Å². The zero-order valence-corrected chi connectivity index (χ0v) is 19.4. The minimum atomic E-state index is -0.303. The zero-order chi connectivity index (χ0) is 22.8. The molecule has 0 saturated heterocycles. The number of benzene rings is 2. The molecule has 1 aliphatic heterocycles. The summed E-state index contributed by atoms with van der Waals surface area (Å²) >= 11 is 1.69. The molecule has 0 fully saturated rings. The van der Waals surface area contributed by atoms with Crippen molar-refractivity contribution < 1.29 is 14.0 Å². The molecule has 1 atom stereocenters. The second-order valence-corrected chi connectivity index (χ2v) is 9.48. The number of carbonyl (C=O) groups is 2. The van der Waals surface area contributed by atoms with Gasteiger partial charge in [0.05, 0.1) is 6.04 Å². The second kappa shape index (κ2) is 9.25. The minimum absolute atomic E-state index is 0.00153. The highest BCUT2D eigenvalue weighted by atomic mass is 32.1. The molecule has 0 N–H and O–H groups in total. The van der Waals surface area contributed by atoms with E-state index in [2.05, 4.69) is 0 Å². The molecule has 2 amide bonds. The van der Waals surface area contributed by atoms with Gasteiger partial charge in [-0.15, -0.1) is 11.3 Å². The van der Waals surface area contributed by atoms with E-state index in [1.807, 2.05) is 49.3 Å². The Bertz CT molecular complexity index is 1110. The predicted molar refractivity (Wildman–Crippen MR) is 125 cm³/mol. The van der Waals surface area contributed by atoms with E-state index >= 15 is 0 Å². The summed E-state index contributed by atoms with van der Waals surface area (Å²) < 4.78 is 13.6. The summed E-state index contributed by atoms with van der Waals surface area (Å²) in [5.74, 6) is -0.562. The second-order valence-electron chi connectivity index (χ2n) is 8.48. The van der Waals surface area contributed by atoms with E-state index in [1.165, 1.54) is 17.0 Å². The number of aryl methyl sites for hydroxylation is 1. The molecule has 4 rings (SSSR count). The van der Waals surface area contributed by atoms with Crippen molar-refractivity contribution in [3.63, 3.8) is 0 Å². The van der Waals surface area contributed by atoms with Crippen LogP contribution in [0.4, 0.5) is 4.39 Å². The van der Waals surface area contributed by atoms with Crippen LogP contribution in [0.3, 0.4) is 0 Å². The minimum Gasteiger partial charge on any atom is -0.330 e. The van der Waals surface area contributed by atoms with Gasteiger partial charge in [-0.3, -0.25) is 9.59 Å². The van der Waals surface area contributed by atoms with Crippen LogP contribution in [0.1, 0.15) is 51.8 Å². The molecule has 32 heavy (non-hydrogen) atoms. The number of nitrogens with zero attached hydrogens (tertiary/aromatic N) is 2. The van der Waals surface area contributed by atoms with Crippen molar-refractivity contribution in [2.45, 2.75) is 39.3 Å². The summed E-state index contributed by atoms with van der Waals surface area (Å²) in [4.78, 5) is 31.4. The van der Waals surface area contributed by atoms with Crippen LogP contribution in [-0.2, 0) is 11.2 Å². The molecule has 0 saturated carbocycles. The van der Waals surface area contributed by atoms with Crippen molar-refractivity contribution >= 4 is 23.2 Å². The molecular formula is C26H27FN2O2S. The summed E-state index contributed by atoms with van der Waals surface area (Å²) in [7, 11) is 0. The maximum absolute atomic E-state index is 13.6. The van der Waals surface area contributed by atoms with Crippen molar-refractivity contribution in [2.75, 3.05) is 13.1 Å². The normalized spacial score (nSPS) is 15.5. The van der Waals surface area contributed by atoms with E-state index in [0.717, 1.165) is 23.1 Å². The number of hydrogen-bond donors (Lipinski definition) is 0. The van der Waals surface area contributed by atoms with Gasteiger partial charge >= 0.3 is 0 Å². The first-order valence-electron chi connectivity index (χ1n) is 10.8. The summed E-state index contributed by atoms with van der Waals surface area (Å²) in [6, 6.07) is 15.4. The molecule has 0 radical (unpaired) electrons. The lowest BCUT2D eigenvalue weighted by molar-refractivity contribution is -0.134. The summed E-state index contributed by atoms with van der Waals surface area (Å²) in [5, 5.41) is 2.04. The smallest absolute Gasteiger partial charge is 0.254 e. The third-order valence-corrected chi connectivity index (χ3v) is 6.96. The van der Waals surface area contributed by atoms with Gasteiger partial charge in [0.15, 0.2) is 0 Å². The van der Waals surface area contributed by atoms with Crippen molar-refractivity contribution in [3.05, 3.63) is 92.9 Å². The van der Waals surface area contributed by atoms with E-state index < -0.39 is 0 Å². The SMILES string of the molecule is Cc1ccc(C(=O)N(CC(=O)N2CCc3sccc3C2c2ccc(F)cc2)C(C)C)cc1. The van der Waals surface area contributed by atoms with Crippen LogP contribution in [0, 0.1) is 12.7 Å². The van der Waals surface area contributed by atoms with Crippen LogP contribution in [0.25, 0.3) is 0 Å². The average Bonchev–Trinajstić information content (AvgIpc) is 3.26. The molecule has 0 aliphatic carbocycles. The first kappa shape index (κ1) is 22.2. The van der Waals surface area contributed by atoms with Gasteiger partial charge in [0, 0.05) is 23.0 Å². The largest absolute Gasteiger partial charge is 0.330 e. The van der Waals surface area contributed by atoms with E-state index in [9.17, 15) is 14.0 Å². The van der Waals surface area contributed by atoms with Crippen molar-refractivity contribution in [1.82, 2.24) is 9.80 Å². The molecule has 2 heterocycles. The highest BCUT2D eigenvalue weighted by Gasteiger charge is 2.34. The Hall–Kier alpha value is -2.99. The molecule has 6 heteroatoms. The summed E-state index contributed by atoms with van der Waals surface area (Å²) in [5.41, 5.74) is 3.61. The average molecular weight is 451 g/mol. The number of thiophene rings is 1. The van der Waals surface area contributed by atoms with Gasteiger partial charge in [-0.25, -0.2) is 4.39 Å². The highest BCUT2D eigenvalue weighted by molar-refractivity contribution is 7.10. The van der Waals surface area contributed by atoms with Gasteiger partial charge in [0.25, 0.3) is 5.91 Å². The number of carbonyl (C=O) groups excluding carboxylic acids is 2. The monoisotopic (exact) mass is 450 g/mol. The predicted octanol–water partition coefficient (Wildman–Crippen LogP) is 5.22. The highest BCUT2D eigenvalue weighted by Crippen LogP contribution is 2.38.